The lowest BCUT2D eigenvalue weighted by molar-refractivity contribution is -0.318. The van der Waals surface area contributed by atoms with Crippen LogP contribution in [0.3, 0.4) is 0 Å². The third-order valence-corrected chi connectivity index (χ3v) is 13.5. The first-order valence-electron chi connectivity index (χ1n) is 21.1. The minimum Gasteiger partial charge on any atom is -0.462 e. The van der Waals surface area contributed by atoms with Crippen molar-refractivity contribution < 1.29 is 47.5 Å². The van der Waals surface area contributed by atoms with Crippen LogP contribution in [0.25, 0.3) is 0 Å². The van der Waals surface area contributed by atoms with Crippen LogP contribution in [-0.4, -0.2) is 119 Å². The minimum atomic E-state index is -0.588. The van der Waals surface area contributed by atoms with Crippen molar-refractivity contribution in [1.29, 1.82) is 0 Å². The summed E-state index contributed by atoms with van der Waals surface area (Å²) < 4.78 is 50.4. The number of fused-ring (bicyclic) bond motifs is 5. The molecule has 0 aromatic heterocycles. The van der Waals surface area contributed by atoms with E-state index >= 15 is 0 Å². The second-order valence-electron chi connectivity index (χ2n) is 17.1. The summed E-state index contributed by atoms with van der Waals surface area (Å²) in [7, 11) is 7.55. The van der Waals surface area contributed by atoms with Crippen LogP contribution in [-0.2, 0) is 47.5 Å². The average Bonchev–Trinajstić information content (AvgIpc) is 3.73. The fourth-order valence-corrected chi connectivity index (χ4v) is 10.6. The quantitative estimate of drug-likeness (QED) is 0.176. The first-order valence-corrected chi connectivity index (χ1v) is 21.1. The van der Waals surface area contributed by atoms with Crippen molar-refractivity contribution in [2.75, 3.05) is 34.9 Å². The van der Waals surface area contributed by atoms with Gasteiger partial charge in [-0.2, -0.15) is 0 Å². The maximum absolute atomic E-state index is 14.7. The molecule has 3 heterocycles. The predicted octanol–water partition coefficient (Wildman–Crippen LogP) is 6.27. The van der Waals surface area contributed by atoms with Crippen LogP contribution in [0, 0.1) is 35.5 Å². The lowest BCUT2D eigenvalue weighted by Gasteiger charge is -2.44. The van der Waals surface area contributed by atoms with E-state index in [1.165, 1.54) is 0 Å². The molecule has 11 heteroatoms. The molecule has 306 valence electrons. The zero-order chi connectivity index (χ0) is 38.7. The molecule has 0 aromatic carbocycles. The molecule has 0 radical (unpaired) electrons. The summed E-state index contributed by atoms with van der Waals surface area (Å²) in [4.78, 5) is 30.5. The van der Waals surface area contributed by atoms with E-state index in [0.717, 1.165) is 56.9 Å². The van der Waals surface area contributed by atoms with Crippen molar-refractivity contribution in [1.82, 2.24) is 4.90 Å². The number of hydrogen-bond acceptors (Lipinski definition) is 11. The average molecular weight is 760 g/mol. The van der Waals surface area contributed by atoms with Crippen LogP contribution < -0.4 is 0 Å². The minimum absolute atomic E-state index is 0.0374. The van der Waals surface area contributed by atoms with E-state index in [0.29, 0.717) is 25.0 Å². The molecule has 4 fully saturated rings. The van der Waals surface area contributed by atoms with Gasteiger partial charge in [-0.15, -0.1) is 0 Å². The SMILES string of the molecule is CCCO[C@H]1[C@H](O[C@H]2C[C@H]3[C@@H]4C=C5C(=O)[C@H](C)[C@@H](O[C@H]6CC[C@H](N(C)C)[C@@H](C)O6)CCC[C@H](CC)OC(=O)C[C@H]5[C@@H]4C=C[C@@H]3C2)O[C@@H](C)[C@H](OC)[C@H]1OC. The Hall–Kier alpha value is -1.70. The van der Waals surface area contributed by atoms with E-state index in [4.69, 9.17) is 37.9 Å². The number of Topliss-reactive ketones (excluding diaryl/α,β-unsaturated/α-hetero) is 1. The Morgan fingerprint density at radius 2 is 1.63 bits per heavy atom. The summed E-state index contributed by atoms with van der Waals surface area (Å²) in [6, 6.07) is 0.338. The number of esters is 1. The first kappa shape index (κ1) is 41.9. The summed E-state index contributed by atoms with van der Waals surface area (Å²) in [5.74, 6) is 0.0193. The number of rotatable bonds is 11. The number of hydrogen-bond donors (Lipinski definition) is 0. The summed E-state index contributed by atoms with van der Waals surface area (Å²) in [5.41, 5.74) is 0.767. The van der Waals surface area contributed by atoms with Gasteiger partial charge >= 0.3 is 5.97 Å². The maximum Gasteiger partial charge on any atom is 0.306 e. The number of nitrogens with zero attached hydrogens (tertiary/aromatic N) is 1. The number of likely N-dealkylation sites (N-methyl/N-ethyl adjacent to an activating group) is 1. The summed E-state index contributed by atoms with van der Waals surface area (Å²) >= 11 is 0. The number of ketones is 1. The highest BCUT2D eigenvalue weighted by atomic mass is 16.7. The van der Waals surface area contributed by atoms with Crippen molar-refractivity contribution >= 4 is 11.8 Å². The Morgan fingerprint density at radius 3 is 2.31 bits per heavy atom. The summed E-state index contributed by atoms with van der Waals surface area (Å²) in [5, 5.41) is 0. The molecule has 17 atom stereocenters. The normalized spacial score (nSPS) is 44.5. The highest BCUT2D eigenvalue weighted by Crippen LogP contribution is 2.54. The topological polar surface area (TPSA) is 111 Å². The third-order valence-electron chi connectivity index (χ3n) is 13.5. The molecule has 3 aliphatic carbocycles. The number of methoxy groups -OCH3 is 2. The molecule has 0 unspecified atom stereocenters. The van der Waals surface area contributed by atoms with Crippen LogP contribution in [0.2, 0.25) is 0 Å². The van der Waals surface area contributed by atoms with Gasteiger partial charge in [-0.1, -0.05) is 39.0 Å². The van der Waals surface area contributed by atoms with E-state index in [-0.39, 0.29) is 96.8 Å². The van der Waals surface area contributed by atoms with Gasteiger partial charge in [-0.05, 0) is 115 Å². The molecule has 0 spiro atoms. The van der Waals surface area contributed by atoms with E-state index < -0.39 is 12.4 Å². The molecule has 6 rings (SSSR count). The van der Waals surface area contributed by atoms with Crippen LogP contribution in [0.1, 0.15) is 98.8 Å². The molecule has 0 amide bonds. The molecule has 3 saturated heterocycles. The van der Waals surface area contributed by atoms with Gasteiger partial charge in [0.15, 0.2) is 18.4 Å². The number of cyclic esters (lactones) is 1. The molecule has 6 aliphatic rings. The van der Waals surface area contributed by atoms with E-state index in [9.17, 15) is 9.59 Å². The third kappa shape index (κ3) is 9.04. The van der Waals surface area contributed by atoms with Gasteiger partial charge in [-0.3, -0.25) is 9.59 Å². The van der Waals surface area contributed by atoms with Gasteiger partial charge in [0, 0.05) is 38.7 Å². The molecule has 0 bridgehead atoms. The van der Waals surface area contributed by atoms with Crippen LogP contribution in [0.15, 0.2) is 23.8 Å². The molecule has 54 heavy (non-hydrogen) atoms. The Balaban J connectivity index is 1.21. The number of carbonyl (C=O) groups is 2. The molecular formula is C43H69NO10. The molecular weight excluding hydrogens is 690 g/mol. The fraction of sp³-hybridized carbons (Fsp3) is 0.860. The van der Waals surface area contributed by atoms with Gasteiger partial charge in [0.05, 0.1) is 30.8 Å². The number of allylic oxidation sites excluding steroid dienone is 4. The van der Waals surface area contributed by atoms with Crippen molar-refractivity contribution in [3.8, 4) is 0 Å². The monoisotopic (exact) mass is 759 g/mol. The molecule has 1 saturated carbocycles. The van der Waals surface area contributed by atoms with Gasteiger partial charge < -0.3 is 42.8 Å². The summed E-state index contributed by atoms with van der Waals surface area (Å²) in [6.45, 7) is 10.8. The molecule has 0 N–H and O–H groups in total. The smallest absolute Gasteiger partial charge is 0.306 e. The van der Waals surface area contributed by atoms with Gasteiger partial charge in [0.2, 0.25) is 0 Å². The summed E-state index contributed by atoms with van der Waals surface area (Å²) in [6.07, 6.45) is 11.8. The van der Waals surface area contributed by atoms with E-state index in [2.05, 4.69) is 58.0 Å². The van der Waals surface area contributed by atoms with Crippen molar-refractivity contribution in [3.63, 3.8) is 0 Å². The van der Waals surface area contributed by atoms with Crippen molar-refractivity contribution in [2.45, 2.75) is 166 Å². The lowest BCUT2D eigenvalue weighted by Crippen LogP contribution is -2.60. The van der Waals surface area contributed by atoms with E-state index in [1.54, 1.807) is 14.2 Å². The fourth-order valence-electron chi connectivity index (χ4n) is 10.6. The molecule has 11 nitrogen and oxygen atoms in total. The van der Waals surface area contributed by atoms with Crippen LogP contribution in [0.5, 0.6) is 0 Å². The van der Waals surface area contributed by atoms with Crippen LogP contribution in [0.4, 0.5) is 0 Å². The second kappa shape index (κ2) is 18.7. The van der Waals surface area contributed by atoms with Gasteiger partial charge in [0.25, 0.3) is 0 Å². The molecule has 3 aliphatic heterocycles. The highest BCUT2D eigenvalue weighted by Gasteiger charge is 2.53. The Morgan fingerprint density at radius 1 is 0.852 bits per heavy atom. The Kier molecular flexibility index (Phi) is 14.5. The zero-order valence-corrected chi connectivity index (χ0v) is 34.4. The standard InChI is InChI=1S/C43H69NO10/c1-10-19-49-42-41(48-9)40(47-8)26(5)51-43(42)53-29-20-27-15-16-30-32(31(27)21-29)22-34-33(30)23-37(45)52-28(11-2)13-12-14-36(24(3)39(34)46)54-38-18-17-35(44(6)7)25(4)50-38/h15-16,22,24-33,35-36,38,40-43H,10-14,17-21,23H2,1-9H3/t24-,25-,26+,27-,28+,29-,30-,31-,32-,33+,35+,36+,38+,40+,41-,42-,43+/m1/s1. The number of ether oxygens (including phenoxy) is 8. The van der Waals surface area contributed by atoms with Crippen LogP contribution >= 0.6 is 0 Å². The highest BCUT2D eigenvalue weighted by molar-refractivity contribution is 5.99. The lowest BCUT2D eigenvalue weighted by atomic mass is 9.70. The van der Waals surface area contributed by atoms with Gasteiger partial charge in [0.1, 0.15) is 24.4 Å². The maximum atomic E-state index is 14.7. The first-order chi connectivity index (χ1) is 26.0. The van der Waals surface area contributed by atoms with E-state index in [1.807, 2.05) is 13.8 Å². The largest absolute Gasteiger partial charge is 0.462 e. The Labute approximate surface area is 324 Å². The predicted molar refractivity (Wildman–Crippen MR) is 203 cm³/mol. The van der Waals surface area contributed by atoms with Crippen molar-refractivity contribution in [3.05, 3.63) is 23.8 Å². The second-order valence-corrected chi connectivity index (χ2v) is 17.1. The number of carbonyl (C=O) groups excluding carboxylic acids is 2. The van der Waals surface area contributed by atoms with Gasteiger partial charge in [-0.25, -0.2) is 0 Å². The Bertz CT molecular complexity index is 1320. The molecule has 0 aromatic rings. The zero-order valence-electron chi connectivity index (χ0n) is 34.4. The van der Waals surface area contributed by atoms with Crippen molar-refractivity contribution in [2.24, 2.45) is 35.5 Å².